The predicted molar refractivity (Wildman–Crippen MR) is 233 cm³/mol. The zero-order valence-corrected chi connectivity index (χ0v) is 35.7. The first-order valence-electron chi connectivity index (χ1n) is 19.1. The van der Waals surface area contributed by atoms with E-state index in [4.69, 9.17) is 0 Å². The SMILES string of the molecule is Cc1cc2ccccc2c(-c2c(C)c(C)cc3ccccc23)c1C.Cc1cc2ccccc2c(-c2c(OS(=O)(=O)C(F)(F)F)c(C)cc3ccccc23)c1OS(=O)(=O)C(F)(F)F. The van der Waals surface area contributed by atoms with Crippen LogP contribution in [0.15, 0.2) is 121 Å². The maximum absolute atomic E-state index is 13.3. The summed E-state index contributed by atoms with van der Waals surface area (Å²) in [6, 6.07) is 36.6. The summed E-state index contributed by atoms with van der Waals surface area (Å²) in [6.07, 6.45) is 0. The predicted octanol–water partition coefficient (Wildman–Crippen LogP) is 13.6. The van der Waals surface area contributed by atoms with Crippen LogP contribution in [0.25, 0.3) is 65.3 Å². The minimum atomic E-state index is -6.25. The number of aryl methyl sites for hydroxylation is 4. The van der Waals surface area contributed by atoms with E-state index in [2.05, 4.69) is 96.7 Å². The van der Waals surface area contributed by atoms with Crippen LogP contribution in [-0.2, 0) is 20.2 Å². The minimum absolute atomic E-state index is 0.0653. The summed E-state index contributed by atoms with van der Waals surface area (Å²) in [5.74, 6) is -1.71. The molecule has 0 atom stereocenters. The highest BCUT2D eigenvalue weighted by molar-refractivity contribution is 7.88. The number of hydrogen-bond acceptors (Lipinski definition) is 6. The number of halogens is 6. The van der Waals surface area contributed by atoms with Crippen LogP contribution in [0.5, 0.6) is 11.5 Å². The van der Waals surface area contributed by atoms with Gasteiger partial charge in [0, 0.05) is 11.1 Å². The molecule has 0 saturated carbocycles. The second-order valence-corrected chi connectivity index (χ2v) is 18.1. The molecule has 14 heteroatoms. The van der Waals surface area contributed by atoms with E-state index >= 15 is 0 Å². The van der Waals surface area contributed by atoms with Gasteiger partial charge in [0.2, 0.25) is 0 Å². The quantitative estimate of drug-likeness (QED) is 0.0939. The van der Waals surface area contributed by atoms with Crippen LogP contribution in [0.2, 0.25) is 0 Å². The summed E-state index contributed by atoms with van der Waals surface area (Å²) < 4.78 is 137. The van der Waals surface area contributed by atoms with Gasteiger partial charge >= 0.3 is 31.3 Å². The molecular formula is C48H38F6O6S2. The molecule has 0 saturated heterocycles. The standard InChI is InChI=1S/C24H16F6O6S2.C24H22/c1-13-11-15-7-3-5-9-17(15)19(21(13)35-37(31,32)23(25,26)27)20-18-10-6-4-8-16(18)12-14(2)22(20)36-38(33,34)24(28,29)30;1-15-13-19-9-5-7-11-21(19)23(17(15)3)24-18(4)16(2)14-20-10-6-8-12-22(20)24/h3-12H,1-2H3;5-14H,1-4H3. The second-order valence-electron chi connectivity index (χ2n) is 15.0. The van der Waals surface area contributed by atoms with E-state index in [9.17, 15) is 43.2 Å². The van der Waals surface area contributed by atoms with E-state index < -0.39 is 53.9 Å². The molecule has 0 amide bonds. The molecular weight excluding hydrogens is 851 g/mol. The van der Waals surface area contributed by atoms with Gasteiger partial charge in [0.05, 0.1) is 0 Å². The Hall–Kier alpha value is -6.12. The van der Waals surface area contributed by atoms with Crippen molar-refractivity contribution in [2.75, 3.05) is 0 Å². The van der Waals surface area contributed by atoms with Crippen molar-refractivity contribution in [3.8, 4) is 33.8 Å². The highest BCUT2D eigenvalue weighted by Gasteiger charge is 2.50. The number of fused-ring (bicyclic) bond motifs is 4. The van der Waals surface area contributed by atoms with Gasteiger partial charge in [0.15, 0.2) is 11.5 Å². The molecule has 8 aromatic carbocycles. The van der Waals surface area contributed by atoms with Crippen molar-refractivity contribution in [2.24, 2.45) is 0 Å². The molecule has 0 aliphatic rings. The lowest BCUT2D eigenvalue weighted by atomic mass is 9.85. The molecule has 0 aromatic heterocycles. The van der Waals surface area contributed by atoms with Crippen molar-refractivity contribution >= 4 is 63.3 Å². The van der Waals surface area contributed by atoms with Crippen molar-refractivity contribution in [2.45, 2.75) is 52.6 Å². The van der Waals surface area contributed by atoms with Crippen molar-refractivity contribution in [3.05, 3.63) is 155 Å². The first-order valence-corrected chi connectivity index (χ1v) is 21.9. The molecule has 320 valence electrons. The van der Waals surface area contributed by atoms with Gasteiger partial charge in [-0.05, 0) is 141 Å². The first-order chi connectivity index (χ1) is 29.0. The van der Waals surface area contributed by atoms with Gasteiger partial charge in [-0.1, -0.05) is 109 Å². The molecule has 62 heavy (non-hydrogen) atoms. The minimum Gasteiger partial charge on any atom is -0.375 e. The van der Waals surface area contributed by atoms with E-state index in [1.54, 1.807) is 12.1 Å². The van der Waals surface area contributed by atoms with Crippen LogP contribution < -0.4 is 8.37 Å². The van der Waals surface area contributed by atoms with Gasteiger partial charge in [-0.15, -0.1) is 0 Å². The van der Waals surface area contributed by atoms with Crippen molar-refractivity contribution in [3.63, 3.8) is 0 Å². The molecule has 0 aliphatic heterocycles. The van der Waals surface area contributed by atoms with Crippen LogP contribution in [0.4, 0.5) is 26.3 Å². The lowest BCUT2D eigenvalue weighted by Gasteiger charge is -2.22. The second kappa shape index (κ2) is 16.0. The lowest BCUT2D eigenvalue weighted by Crippen LogP contribution is -2.29. The monoisotopic (exact) mass is 888 g/mol. The largest absolute Gasteiger partial charge is 0.534 e. The normalized spacial score (nSPS) is 12.5. The smallest absolute Gasteiger partial charge is 0.375 e. The van der Waals surface area contributed by atoms with Crippen molar-refractivity contribution < 1.29 is 51.5 Å². The summed E-state index contributed by atoms with van der Waals surface area (Å²) in [5.41, 5.74) is -4.47. The van der Waals surface area contributed by atoms with E-state index in [0.29, 0.717) is 10.8 Å². The fourth-order valence-corrected chi connectivity index (χ4v) is 8.85. The third kappa shape index (κ3) is 7.93. The van der Waals surface area contributed by atoms with E-state index in [-0.39, 0.29) is 21.9 Å². The summed E-state index contributed by atoms with van der Waals surface area (Å²) in [5, 5.41) is 6.17. The van der Waals surface area contributed by atoms with Crippen LogP contribution in [-0.4, -0.2) is 27.9 Å². The average molecular weight is 889 g/mol. The molecule has 8 rings (SSSR count). The van der Waals surface area contributed by atoms with Gasteiger partial charge in [0.1, 0.15) is 0 Å². The Labute approximate surface area is 354 Å². The lowest BCUT2D eigenvalue weighted by molar-refractivity contribution is -0.0505. The molecule has 0 fully saturated rings. The van der Waals surface area contributed by atoms with Gasteiger partial charge < -0.3 is 8.37 Å². The maximum atomic E-state index is 13.3. The zero-order valence-electron chi connectivity index (χ0n) is 34.1. The number of rotatable bonds is 6. The highest BCUT2D eigenvalue weighted by Crippen LogP contribution is 2.50. The van der Waals surface area contributed by atoms with Crippen LogP contribution in [0, 0.1) is 41.5 Å². The third-order valence-electron chi connectivity index (χ3n) is 11.0. The molecule has 0 unspecified atom stereocenters. The van der Waals surface area contributed by atoms with Gasteiger partial charge in [0.25, 0.3) is 0 Å². The Morgan fingerprint density at radius 1 is 0.371 bits per heavy atom. The average Bonchev–Trinajstić information content (AvgIpc) is 3.19. The molecule has 0 heterocycles. The fourth-order valence-electron chi connectivity index (χ4n) is 7.79. The van der Waals surface area contributed by atoms with Gasteiger partial charge in [-0.25, -0.2) is 0 Å². The fraction of sp³-hybridized carbons (Fsp3) is 0.167. The Bertz CT molecular complexity index is 3100. The first kappa shape index (κ1) is 44.0. The Morgan fingerprint density at radius 2 is 0.613 bits per heavy atom. The van der Waals surface area contributed by atoms with E-state index in [1.165, 1.54) is 117 Å². The molecule has 8 aromatic rings. The number of alkyl halides is 6. The topological polar surface area (TPSA) is 86.7 Å². The number of hydrogen-bond donors (Lipinski definition) is 0. The summed E-state index contributed by atoms with van der Waals surface area (Å²) in [6.45, 7) is 11.4. The molecule has 0 N–H and O–H groups in total. The molecule has 6 nitrogen and oxygen atoms in total. The Morgan fingerprint density at radius 3 is 0.887 bits per heavy atom. The summed E-state index contributed by atoms with van der Waals surface area (Å²) in [4.78, 5) is 0. The number of benzene rings is 8. The third-order valence-corrected chi connectivity index (χ3v) is 12.9. The Kier molecular flexibility index (Phi) is 11.3. The van der Waals surface area contributed by atoms with E-state index in [1.807, 2.05) is 0 Å². The zero-order chi connectivity index (χ0) is 45.1. The highest BCUT2D eigenvalue weighted by atomic mass is 32.2. The van der Waals surface area contributed by atoms with Crippen LogP contribution in [0.3, 0.4) is 0 Å². The summed E-state index contributed by atoms with van der Waals surface area (Å²) in [7, 11) is -12.5. The van der Waals surface area contributed by atoms with E-state index in [0.717, 1.165) is 0 Å². The maximum Gasteiger partial charge on any atom is 0.534 e. The molecule has 0 bridgehead atoms. The Balaban J connectivity index is 0.000000206. The van der Waals surface area contributed by atoms with Crippen LogP contribution in [0.1, 0.15) is 33.4 Å². The van der Waals surface area contributed by atoms with Crippen molar-refractivity contribution in [1.82, 2.24) is 0 Å². The molecule has 0 aliphatic carbocycles. The van der Waals surface area contributed by atoms with Crippen molar-refractivity contribution in [1.29, 1.82) is 0 Å². The molecule has 0 spiro atoms. The van der Waals surface area contributed by atoms with Gasteiger partial charge in [-0.2, -0.15) is 43.2 Å². The molecule has 0 radical (unpaired) electrons. The van der Waals surface area contributed by atoms with Crippen LogP contribution >= 0.6 is 0 Å². The van der Waals surface area contributed by atoms with Gasteiger partial charge in [-0.3, -0.25) is 0 Å². The summed E-state index contributed by atoms with van der Waals surface area (Å²) >= 11 is 0.